The summed E-state index contributed by atoms with van der Waals surface area (Å²) in [6, 6.07) is 8.62. The van der Waals surface area contributed by atoms with Gasteiger partial charge in [-0.1, -0.05) is 55.0 Å². The summed E-state index contributed by atoms with van der Waals surface area (Å²) in [5.41, 5.74) is 11.0. The Morgan fingerprint density at radius 3 is 2.43 bits per heavy atom. The number of allylic oxidation sites excluding steroid dienone is 4. The molecule has 0 amide bonds. The van der Waals surface area contributed by atoms with Crippen LogP contribution in [0.15, 0.2) is 59.1 Å². The van der Waals surface area contributed by atoms with Crippen molar-refractivity contribution in [2.75, 3.05) is 6.54 Å². The average Bonchev–Trinajstić information content (AvgIpc) is 2.48. The van der Waals surface area contributed by atoms with E-state index < -0.39 is 0 Å². The Labute approximate surface area is 128 Å². The first kappa shape index (κ1) is 17.0. The summed E-state index contributed by atoms with van der Waals surface area (Å²) in [6.45, 7) is 9.05. The molecule has 0 radical (unpaired) electrons. The molecule has 0 aliphatic rings. The summed E-state index contributed by atoms with van der Waals surface area (Å²) in [6.07, 6.45) is 8.61. The van der Waals surface area contributed by atoms with Crippen molar-refractivity contribution >= 4 is 11.4 Å². The highest BCUT2D eigenvalue weighted by Crippen LogP contribution is 2.21. The Kier molecular flexibility index (Phi) is 7.24. The summed E-state index contributed by atoms with van der Waals surface area (Å²) in [4.78, 5) is 4.45. The second-order valence-corrected chi connectivity index (χ2v) is 5.07. The number of aryl methyl sites for hydroxylation is 1. The second kappa shape index (κ2) is 8.96. The van der Waals surface area contributed by atoms with Crippen LogP contribution in [0, 0.1) is 6.92 Å². The molecule has 0 spiro atoms. The van der Waals surface area contributed by atoms with Crippen LogP contribution in [-0.2, 0) is 0 Å². The summed E-state index contributed by atoms with van der Waals surface area (Å²) in [5.74, 6) is 0.566. The van der Waals surface area contributed by atoms with E-state index in [4.69, 9.17) is 5.73 Å². The number of hydrogen-bond acceptors (Lipinski definition) is 1. The predicted molar refractivity (Wildman–Crippen MR) is 94.5 cm³/mol. The minimum atomic E-state index is 0.566. The van der Waals surface area contributed by atoms with Gasteiger partial charge in [-0.25, -0.2) is 0 Å². The molecule has 2 N–H and O–H groups in total. The lowest BCUT2D eigenvalue weighted by Gasteiger charge is -2.09. The number of nitrogens with two attached hydrogens (primary N) is 1. The fourth-order valence-electron chi connectivity index (χ4n) is 2.01. The average molecular weight is 282 g/mol. The van der Waals surface area contributed by atoms with Gasteiger partial charge < -0.3 is 5.73 Å². The van der Waals surface area contributed by atoms with Gasteiger partial charge in [-0.15, -0.1) is 0 Å². The molecule has 0 heterocycles. The molecule has 21 heavy (non-hydrogen) atoms. The zero-order valence-electron chi connectivity index (χ0n) is 13.6. The topological polar surface area (TPSA) is 38.4 Å². The number of amidine groups is 1. The van der Waals surface area contributed by atoms with Gasteiger partial charge in [-0.05, 0) is 50.0 Å². The first-order chi connectivity index (χ1) is 10.1. The Morgan fingerprint density at radius 2 is 1.86 bits per heavy atom. The van der Waals surface area contributed by atoms with E-state index in [9.17, 15) is 0 Å². The first-order valence-electron chi connectivity index (χ1n) is 7.43. The Morgan fingerprint density at radius 1 is 1.19 bits per heavy atom. The third-order valence-corrected chi connectivity index (χ3v) is 3.46. The van der Waals surface area contributed by atoms with Gasteiger partial charge in [-0.3, -0.25) is 4.99 Å². The highest BCUT2D eigenvalue weighted by Gasteiger charge is 2.03. The van der Waals surface area contributed by atoms with Gasteiger partial charge in [0.25, 0.3) is 0 Å². The number of rotatable bonds is 6. The standard InChI is InChI=1S/C19H26N2/c1-5-7-8-9-19(20)21-14-17(6-2)16(4)18-12-10-15(3)11-13-18/h5,7-13H,6,14H2,1-4H3,(H2,20,21)/b7-5-,9-8-,17-16+. The highest BCUT2D eigenvalue weighted by atomic mass is 14.8. The van der Waals surface area contributed by atoms with E-state index in [-0.39, 0.29) is 0 Å². The van der Waals surface area contributed by atoms with Crippen LogP contribution in [0.2, 0.25) is 0 Å². The lowest BCUT2D eigenvalue weighted by molar-refractivity contribution is 1.01. The van der Waals surface area contributed by atoms with Gasteiger partial charge in [0.2, 0.25) is 0 Å². The molecule has 1 aromatic rings. The Balaban J connectivity index is 2.88. The van der Waals surface area contributed by atoms with Crippen LogP contribution in [0.1, 0.15) is 38.3 Å². The third-order valence-electron chi connectivity index (χ3n) is 3.46. The van der Waals surface area contributed by atoms with Crippen LogP contribution in [0.3, 0.4) is 0 Å². The van der Waals surface area contributed by atoms with Crippen LogP contribution in [0.5, 0.6) is 0 Å². The van der Waals surface area contributed by atoms with Crippen molar-refractivity contribution in [3.63, 3.8) is 0 Å². The minimum Gasteiger partial charge on any atom is -0.384 e. The highest BCUT2D eigenvalue weighted by molar-refractivity contribution is 5.91. The molecular weight excluding hydrogens is 256 g/mol. The molecule has 0 saturated heterocycles. The molecule has 0 aromatic heterocycles. The zero-order valence-corrected chi connectivity index (χ0v) is 13.6. The number of benzene rings is 1. The molecule has 1 aromatic carbocycles. The van der Waals surface area contributed by atoms with Crippen LogP contribution in [-0.4, -0.2) is 12.4 Å². The van der Waals surface area contributed by atoms with Crippen LogP contribution in [0.4, 0.5) is 0 Å². The maximum atomic E-state index is 5.88. The third kappa shape index (κ3) is 5.82. The fourth-order valence-corrected chi connectivity index (χ4v) is 2.01. The van der Waals surface area contributed by atoms with E-state index >= 15 is 0 Å². The normalized spacial score (nSPS) is 14.0. The fraction of sp³-hybridized carbons (Fsp3) is 0.316. The van der Waals surface area contributed by atoms with E-state index in [1.165, 1.54) is 22.3 Å². The maximum absolute atomic E-state index is 5.88. The van der Waals surface area contributed by atoms with Crippen molar-refractivity contribution in [3.8, 4) is 0 Å². The molecule has 2 nitrogen and oxygen atoms in total. The van der Waals surface area contributed by atoms with Gasteiger partial charge >= 0.3 is 0 Å². The summed E-state index contributed by atoms with van der Waals surface area (Å²) < 4.78 is 0. The molecule has 2 heteroatoms. The number of nitrogens with zero attached hydrogens (tertiary/aromatic N) is 1. The largest absolute Gasteiger partial charge is 0.384 e. The minimum absolute atomic E-state index is 0.566. The number of hydrogen-bond donors (Lipinski definition) is 1. The van der Waals surface area contributed by atoms with Gasteiger partial charge in [0, 0.05) is 0 Å². The van der Waals surface area contributed by atoms with Crippen molar-refractivity contribution in [2.45, 2.75) is 34.1 Å². The van der Waals surface area contributed by atoms with Gasteiger partial charge in [0.05, 0.1) is 6.54 Å². The quantitative estimate of drug-likeness (QED) is 0.459. The van der Waals surface area contributed by atoms with E-state index in [1.807, 2.05) is 31.2 Å². The molecule has 112 valence electrons. The molecule has 0 saturated carbocycles. The lowest BCUT2D eigenvalue weighted by atomic mass is 9.99. The summed E-state index contributed by atoms with van der Waals surface area (Å²) >= 11 is 0. The van der Waals surface area contributed by atoms with E-state index in [2.05, 4.69) is 50.0 Å². The van der Waals surface area contributed by atoms with Gasteiger partial charge in [0.15, 0.2) is 0 Å². The molecule has 0 bridgehead atoms. The molecular formula is C19H26N2. The van der Waals surface area contributed by atoms with Crippen LogP contribution >= 0.6 is 0 Å². The Hall–Kier alpha value is -2.09. The summed E-state index contributed by atoms with van der Waals surface area (Å²) in [7, 11) is 0. The smallest absolute Gasteiger partial charge is 0.118 e. The molecule has 0 aliphatic heterocycles. The second-order valence-electron chi connectivity index (χ2n) is 5.07. The molecule has 0 atom stereocenters. The first-order valence-corrected chi connectivity index (χ1v) is 7.43. The van der Waals surface area contributed by atoms with Gasteiger partial charge in [-0.2, -0.15) is 0 Å². The predicted octanol–water partition coefficient (Wildman–Crippen LogP) is 4.67. The zero-order chi connectivity index (χ0) is 15.7. The maximum Gasteiger partial charge on any atom is 0.118 e. The van der Waals surface area contributed by atoms with Crippen LogP contribution in [0.25, 0.3) is 5.57 Å². The van der Waals surface area contributed by atoms with Gasteiger partial charge in [0.1, 0.15) is 5.84 Å². The Bertz CT molecular complexity index is 558. The molecule has 0 unspecified atom stereocenters. The van der Waals surface area contributed by atoms with Crippen molar-refractivity contribution in [2.24, 2.45) is 10.7 Å². The summed E-state index contributed by atoms with van der Waals surface area (Å²) in [5, 5.41) is 0. The van der Waals surface area contributed by atoms with Crippen LogP contribution < -0.4 is 5.73 Å². The molecule has 0 fully saturated rings. The van der Waals surface area contributed by atoms with Crippen molar-refractivity contribution in [1.82, 2.24) is 0 Å². The number of aliphatic imine (C=N–C) groups is 1. The molecule has 0 aliphatic carbocycles. The monoisotopic (exact) mass is 282 g/mol. The molecule has 1 rings (SSSR count). The van der Waals surface area contributed by atoms with E-state index in [1.54, 1.807) is 0 Å². The van der Waals surface area contributed by atoms with Crippen molar-refractivity contribution in [3.05, 3.63) is 65.3 Å². The van der Waals surface area contributed by atoms with E-state index in [0.717, 1.165) is 6.42 Å². The SMILES string of the molecule is C/C=C\C=C/C(N)=NC/C(CC)=C(\C)c1ccc(C)cc1. The van der Waals surface area contributed by atoms with E-state index in [0.29, 0.717) is 12.4 Å². The van der Waals surface area contributed by atoms with Crippen molar-refractivity contribution in [1.29, 1.82) is 0 Å². The van der Waals surface area contributed by atoms with Crippen molar-refractivity contribution < 1.29 is 0 Å². The lowest BCUT2D eigenvalue weighted by Crippen LogP contribution is -2.09.